The molecule has 2 aromatic rings. The molecule has 0 radical (unpaired) electrons. The molecule has 4 rings (SSSR count). The molecule has 1 unspecified atom stereocenters. The molecule has 1 aromatic carbocycles. The zero-order chi connectivity index (χ0) is 20.2. The molecular formula is C22H26N4O3. The summed E-state index contributed by atoms with van der Waals surface area (Å²) in [6.07, 6.45) is 4.00. The van der Waals surface area contributed by atoms with Crippen molar-refractivity contribution in [2.45, 2.75) is 19.4 Å². The lowest BCUT2D eigenvalue weighted by Gasteiger charge is -2.38. The molecule has 1 aromatic heterocycles. The number of anilines is 1. The van der Waals surface area contributed by atoms with Crippen molar-refractivity contribution < 1.29 is 14.3 Å². The van der Waals surface area contributed by atoms with E-state index in [2.05, 4.69) is 22.9 Å². The van der Waals surface area contributed by atoms with Gasteiger partial charge in [0.25, 0.3) is 5.91 Å². The van der Waals surface area contributed by atoms with Gasteiger partial charge in [-0.05, 0) is 30.7 Å². The third kappa shape index (κ3) is 4.24. The number of piperazine rings is 1. The smallest absolute Gasteiger partial charge is 0.265 e. The van der Waals surface area contributed by atoms with Gasteiger partial charge < -0.3 is 14.5 Å². The maximum absolute atomic E-state index is 12.7. The van der Waals surface area contributed by atoms with Gasteiger partial charge in [0.2, 0.25) is 5.91 Å². The predicted octanol–water partition coefficient (Wildman–Crippen LogP) is 2.10. The summed E-state index contributed by atoms with van der Waals surface area (Å²) >= 11 is 0. The van der Waals surface area contributed by atoms with E-state index < -0.39 is 0 Å². The Morgan fingerprint density at radius 2 is 1.93 bits per heavy atom. The van der Waals surface area contributed by atoms with Crippen LogP contribution in [0.5, 0.6) is 5.75 Å². The van der Waals surface area contributed by atoms with Crippen LogP contribution in [-0.2, 0) is 9.59 Å². The second kappa shape index (κ2) is 8.61. The van der Waals surface area contributed by atoms with Gasteiger partial charge in [-0.25, -0.2) is 0 Å². The summed E-state index contributed by atoms with van der Waals surface area (Å²) in [6.45, 7) is 5.66. The summed E-state index contributed by atoms with van der Waals surface area (Å²) in [5.74, 6) is 0.680. The first-order valence-corrected chi connectivity index (χ1v) is 10.1. The van der Waals surface area contributed by atoms with Gasteiger partial charge in [0.05, 0.1) is 5.69 Å². The van der Waals surface area contributed by atoms with Gasteiger partial charge in [0.1, 0.15) is 5.75 Å². The number of benzene rings is 1. The molecule has 3 heterocycles. The van der Waals surface area contributed by atoms with Crippen LogP contribution in [0.1, 0.15) is 24.9 Å². The highest BCUT2D eigenvalue weighted by Gasteiger charge is 2.28. The van der Waals surface area contributed by atoms with E-state index in [0.717, 1.165) is 18.8 Å². The molecule has 0 saturated carbocycles. The van der Waals surface area contributed by atoms with E-state index in [1.807, 2.05) is 41.4 Å². The number of pyridine rings is 1. The van der Waals surface area contributed by atoms with Gasteiger partial charge in [-0.3, -0.25) is 19.5 Å². The van der Waals surface area contributed by atoms with E-state index in [1.54, 1.807) is 11.1 Å². The highest BCUT2D eigenvalue weighted by molar-refractivity contribution is 5.98. The van der Waals surface area contributed by atoms with Gasteiger partial charge in [-0.15, -0.1) is 0 Å². The minimum absolute atomic E-state index is 0.0239. The Labute approximate surface area is 170 Å². The van der Waals surface area contributed by atoms with Gasteiger partial charge in [0.15, 0.2) is 6.61 Å². The van der Waals surface area contributed by atoms with Gasteiger partial charge in [-0.1, -0.05) is 18.2 Å². The van der Waals surface area contributed by atoms with Gasteiger partial charge in [-0.2, -0.15) is 0 Å². The lowest BCUT2D eigenvalue weighted by molar-refractivity contribution is -0.133. The van der Waals surface area contributed by atoms with E-state index in [1.165, 1.54) is 5.56 Å². The standard InChI is InChI=1S/C22H26N4O3/c1-17(18-5-4-9-23-15-18)24-11-13-25(14-12-24)21(27)8-10-26-19-6-2-3-7-20(19)29-16-22(26)28/h2-7,9,15,17H,8,10-14,16H2,1H3. The summed E-state index contributed by atoms with van der Waals surface area (Å²) in [5.41, 5.74) is 1.93. The first kappa shape index (κ1) is 19.4. The molecule has 1 saturated heterocycles. The Morgan fingerprint density at radius 1 is 1.14 bits per heavy atom. The van der Waals surface area contributed by atoms with Crippen LogP contribution in [-0.4, -0.2) is 65.9 Å². The minimum Gasteiger partial charge on any atom is -0.482 e. The normalized spacial score (nSPS) is 18.2. The quantitative estimate of drug-likeness (QED) is 0.777. The lowest BCUT2D eigenvalue weighted by Crippen LogP contribution is -2.50. The fourth-order valence-electron chi connectivity index (χ4n) is 3.96. The fraction of sp³-hybridized carbons (Fsp3) is 0.409. The van der Waals surface area contributed by atoms with Crippen LogP contribution in [0.15, 0.2) is 48.8 Å². The maximum Gasteiger partial charge on any atom is 0.265 e. The number of hydrogen-bond donors (Lipinski definition) is 0. The van der Waals surface area contributed by atoms with Gasteiger partial charge >= 0.3 is 0 Å². The molecule has 29 heavy (non-hydrogen) atoms. The summed E-state index contributed by atoms with van der Waals surface area (Å²) in [7, 11) is 0. The Bertz CT molecular complexity index is 865. The first-order valence-electron chi connectivity index (χ1n) is 10.1. The average molecular weight is 394 g/mol. The van der Waals surface area contributed by atoms with Crippen LogP contribution in [0.2, 0.25) is 0 Å². The average Bonchev–Trinajstić information content (AvgIpc) is 2.78. The van der Waals surface area contributed by atoms with E-state index in [-0.39, 0.29) is 24.5 Å². The molecule has 7 heteroatoms. The van der Waals surface area contributed by atoms with Crippen LogP contribution in [0.3, 0.4) is 0 Å². The maximum atomic E-state index is 12.7. The van der Waals surface area contributed by atoms with E-state index >= 15 is 0 Å². The van der Waals surface area contributed by atoms with Crippen LogP contribution < -0.4 is 9.64 Å². The second-order valence-corrected chi connectivity index (χ2v) is 7.43. The molecule has 0 aliphatic carbocycles. The summed E-state index contributed by atoms with van der Waals surface area (Å²) in [6, 6.07) is 11.8. The van der Waals surface area contributed by atoms with Crippen LogP contribution in [0, 0.1) is 0 Å². The predicted molar refractivity (Wildman–Crippen MR) is 110 cm³/mol. The topological polar surface area (TPSA) is 66.0 Å². The molecule has 152 valence electrons. The van der Waals surface area contributed by atoms with Crippen molar-refractivity contribution in [1.82, 2.24) is 14.8 Å². The summed E-state index contributed by atoms with van der Waals surface area (Å²) < 4.78 is 5.46. The first-order chi connectivity index (χ1) is 14.1. The Kier molecular flexibility index (Phi) is 5.76. The molecule has 0 N–H and O–H groups in total. The third-order valence-corrected chi connectivity index (χ3v) is 5.74. The number of nitrogens with zero attached hydrogens (tertiary/aromatic N) is 4. The van der Waals surface area contributed by atoms with Crippen molar-refractivity contribution in [3.8, 4) is 5.75 Å². The number of hydrogen-bond acceptors (Lipinski definition) is 5. The second-order valence-electron chi connectivity index (χ2n) is 7.43. The number of rotatable bonds is 5. The third-order valence-electron chi connectivity index (χ3n) is 5.74. The largest absolute Gasteiger partial charge is 0.482 e. The minimum atomic E-state index is -0.105. The summed E-state index contributed by atoms with van der Waals surface area (Å²) in [5, 5.41) is 0. The van der Waals surface area contributed by atoms with E-state index in [9.17, 15) is 9.59 Å². The number of para-hydroxylation sites is 2. The number of carbonyl (C=O) groups is 2. The Hall–Kier alpha value is -2.93. The van der Waals surface area contributed by atoms with Crippen molar-refractivity contribution >= 4 is 17.5 Å². The molecular weight excluding hydrogens is 368 g/mol. The number of aromatic nitrogens is 1. The molecule has 2 aliphatic rings. The van der Waals surface area contributed by atoms with E-state index in [0.29, 0.717) is 31.8 Å². The number of fused-ring (bicyclic) bond motifs is 1. The summed E-state index contributed by atoms with van der Waals surface area (Å²) in [4.78, 5) is 35.1. The monoisotopic (exact) mass is 394 g/mol. The molecule has 2 aliphatic heterocycles. The molecule has 0 spiro atoms. The molecule has 0 bridgehead atoms. The van der Waals surface area contributed by atoms with Crippen molar-refractivity contribution in [3.05, 3.63) is 54.4 Å². The van der Waals surface area contributed by atoms with E-state index in [4.69, 9.17) is 4.74 Å². The number of amides is 2. The Morgan fingerprint density at radius 3 is 2.69 bits per heavy atom. The SMILES string of the molecule is CC(c1cccnc1)N1CCN(C(=O)CCN2C(=O)COc3ccccc32)CC1. The van der Waals surface area contributed by atoms with Gasteiger partial charge in [0, 0.05) is 57.6 Å². The van der Waals surface area contributed by atoms with Crippen LogP contribution >= 0.6 is 0 Å². The highest BCUT2D eigenvalue weighted by atomic mass is 16.5. The zero-order valence-corrected chi connectivity index (χ0v) is 16.7. The molecule has 2 amide bonds. The molecule has 1 atom stereocenters. The lowest BCUT2D eigenvalue weighted by atomic mass is 10.1. The number of ether oxygens (including phenoxy) is 1. The molecule has 7 nitrogen and oxygen atoms in total. The molecule has 1 fully saturated rings. The van der Waals surface area contributed by atoms with Crippen molar-refractivity contribution in [1.29, 1.82) is 0 Å². The van der Waals surface area contributed by atoms with Crippen molar-refractivity contribution in [3.63, 3.8) is 0 Å². The highest BCUT2D eigenvalue weighted by Crippen LogP contribution is 2.31. The van der Waals surface area contributed by atoms with Crippen molar-refractivity contribution in [2.24, 2.45) is 0 Å². The van der Waals surface area contributed by atoms with Crippen LogP contribution in [0.25, 0.3) is 0 Å². The Balaban J connectivity index is 1.30. The van der Waals surface area contributed by atoms with Crippen LogP contribution in [0.4, 0.5) is 5.69 Å². The number of carbonyl (C=O) groups excluding carboxylic acids is 2. The fourth-order valence-corrected chi connectivity index (χ4v) is 3.96. The van der Waals surface area contributed by atoms with Crippen molar-refractivity contribution in [2.75, 3.05) is 44.2 Å². The zero-order valence-electron chi connectivity index (χ0n) is 16.7.